The summed E-state index contributed by atoms with van der Waals surface area (Å²) in [6.45, 7) is 6.72. The molecule has 0 fully saturated rings. The van der Waals surface area contributed by atoms with E-state index in [1.54, 1.807) is 0 Å². The monoisotopic (exact) mass is 324 g/mol. The molecule has 1 aromatic rings. The summed E-state index contributed by atoms with van der Waals surface area (Å²) in [7, 11) is 0. The van der Waals surface area contributed by atoms with Crippen molar-refractivity contribution in [3.8, 4) is 0 Å². The third-order valence-electron chi connectivity index (χ3n) is 3.32. The number of benzene rings is 1. The van der Waals surface area contributed by atoms with E-state index in [2.05, 4.69) is 61.0 Å². The van der Waals surface area contributed by atoms with Gasteiger partial charge in [0.1, 0.15) is 0 Å². The van der Waals surface area contributed by atoms with Gasteiger partial charge in [0.25, 0.3) is 0 Å². The lowest BCUT2D eigenvalue weighted by atomic mass is 9.80. The summed E-state index contributed by atoms with van der Waals surface area (Å²) in [5.41, 5.74) is 2.80. The number of halogens is 2. The lowest BCUT2D eigenvalue weighted by Crippen LogP contribution is -2.19. The highest BCUT2D eigenvalue weighted by Gasteiger charge is 2.29. The van der Waals surface area contributed by atoms with Crippen LogP contribution in [0.5, 0.6) is 0 Å². The van der Waals surface area contributed by atoms with Gasteiger partial charge in [0.2, 0.25) is 0 Å². The topological polar surface area (TPSA) is 0 Å². The molecule has 0 bridgehead atoms. The average molecular weight is 326 g/mol. The molecule has 1 aliphatic rings. The summed E-state index contributed by atoms with van der Waals surface area (Å²) < 4.78 is -0.118. The second-order valence-corrected chi connectivity index (χ2v) is 7.67. The van der Waals surface area contributed by atoms with E-state index in [0.29, 0.717) is 0 Å². The molecular weight excluding hydrogens is 308 g/mol. The molecule has 2 heteroatoms. The molecule has 18 heavy (non-hydrogen) atoms. The SMILES string of the molecule is CC(C)(C)C1=CCC(Br)(c2cccc(Cl)c2)C=C1. The van der Waals surface area contributed by atoms with E-state index in [0.717, 1.165) is 11.4 Å². The predicted octanol–water partition coefficient (Wildman–Crippen LogP) is 5.86. The number of hydrogen-bond donors (Lipinski definition) is 0. The highest BCUT2D eigenvalue weighted by molar-refractivity contribution is 9.09. The molecule has 0 N–H and O–H groups in total. The van der Waals surface area contributed by atoms with Crippen molar-refractivity contribution < 1.29 is 0 Å². The number of hydrogen-bond acceptors (Lipinski definition) is 0. The van der Waals surface area contributed by atoms with E-state index in [1.807, 2.05) is 18.2 Å². The van der Waals surface area contributed by atoms with E-state index in [4.69, 9.17) is 11.6 Å². The lowest BCUT2D eigenvalue weighted by Gasteiger charge is -2.30. The first-order valence-electron chi connectivity index (χ1n) is 6.16. The van der Waals surface area contributed by atoms with E-state index in [-0.39, 0.29) is 9.74 Å². The zero-order valence-corrected chi connectivity index (χ0v) is 13.3. The Balaban J connectivity index is 2.28. The average Bonchev–Trinajstić information content (AvgIpc) is 2.28. The van der Waals surface area contributed by atoms with Gasteiger partial charge in [-0.2, -0.15) is 0 Å². The Labute approximate surface area is 123 Å². The highest BCUT2D eigenvalue weighted by Crippen LogP contribution is 2.43. The molecule has 0 nitrogen and oxygen atoms in total. The number of allylic oxidation sites excluding steroid dienone is 4. The van der Waals surface area contributed by atoms with Crippen LogP contribution in [0.3, 0.4) is 0 Å². The van der Waals surface area contributed by atoms with E-state index < -0.39 is 0 Å². The van der Waals surface area contributed by atoms with Crippen LogP contribution in [0.4, 0.5) is 0 Å². The molecule has 0 radical (unpaired) electrons. The molecule has 1 aromatic carbocycles. The van der Waals surface area contributed by atoms with Crippen LogP contribution >= 0.6 is 27.5 Å². The molecule has 0 heterocycles. The minimum Gasteiger partial charge on any atom is -0.0843 e. The summed E-state index contributed by atoms with van der Waals surface area (Å²) >= 11 is 9.91. The normalized spacial score (nSPS) is 23.9. The second-order valence-electron chi connectivity index (χ2n) is 5.82. The van der Waals surface area contributed by atoms with Crippen LogP contribution in [0.15, 0.2) is 48.1 Å². The fraction of sp³-hybridized carbons (Fsp3) is 0.375. The molecule has 1 unspecified atom stereocenters. The standard InChI is InChI=1S/C16H18BrCl/c1-15(2,3)12-7-9-16(17,10-8-12)13-5-4-6-14(18)11-13/h4-9,11H,10H2,1-3H3. The Morgan fingerprint density at radius 3 is 2.50 bits per heavy atom. The van der Waals surface area contributed by atoms with Gasteiger partial charge in [-0.15, -0.1) is 0 Å². The van der Waals surface area contributed by atoms with Crippen molar-refractivity contribution in [3.05, 3.63) is 58.7 Å². The highest BCUT2D eigenvalue weighted by atomic mass is 79.9. The van der Waals surface area contributed by atoms with Crippen molar-refractivity contribution in [2.75, 3.05) is 0 Å². The number of rotatable bonds is 1. The molecule has 2 rings (SSSR count). The summed E-state index contributed by atoms with van der Waals surface area (Å²) in [6, 6.07) is 8.04. The van der Waals surface area contributed by atoms with Gasteiger partial charge in [0.15, 0.2) is 0 Å². The largest absolute Gasteiger partial charge is 0.0843 e. The zero-order chi connectivity index (χ0) is 13.4. The van der Waals surface area contributed by atoms with Crippen molar-refractivity contribution in [2.24, 2.45) is 5.41 Å². The van der Waals surface area contributed by atoms with Gasteiger partial charge in [-0.1, -0.05) is 78.7 Å². The molecule has 0 aromatic heterocycles. The lowest BCUT2D eigenvalue weighted by molar-refractivity contribution is 0.509. The van der Waals surface area contributed by atoms with E-state index in [9.17, 15) is 0 Å². The van der Waals surface area contributed by atoms with E-state index >= 15 is 0 Å². The molecule has 1 atom stereocenters. The summed E-state index contributed by atoms with van der Waals surface area (Å²) in [6.07, 6.45) is 7.73. The predicted molar refractivity (Wildman–Crippen MR) is 83.4 cm³/mol. The van der Waals surface area contributed by atoms with Gasteiger partial charge < -0.3 is 0 Å². The van der Waals surface area contributed by atoms with E-state index in [1.165, 1.54) is 11.1 Å². The Morgan fingerprint density at radius 1 is 1.28 bits per heavy atom. The first-order chi connectivity index (χ1) is 8.31. The molecule has 1 aliphatic carbocycles. The fourth-order valence-corrected chi connectivity index (χ4v) is 2.86. The second kappa shape index (κ2) is 4.86. The summed E-state index contributed by atoms with van der Waals surface area (Å²) in [4.78, 5) is 0. The third kappa shape index (κ3) is 2.89. The zero-order valence-electron chi connectivity index (χ0n) is 11.0. The Bertz CT molecular complexity index is 508. The van der Waals surface area contributed by atoms with Gasteiger partial charge >= 0.3 is 0 Å². The third-order valence-corrected chi connectivity index (χ3v) is 4.60. The quantitative estimate of drug-likeness (QED) is 0.567. The van der Waals surface area contributed by atoms with Crippen LogP contribution in [-0.2, 0) is 4.32 Å². The molecule has 0 saturated heterocycles. The molecule has 0 saturated carbocycles. The van der Waals surface area contributed by atoms with Crippen molar-refractivity contribution >= 4 is 27.5 Å². The van der Waals surface area contributed by atoms with Gasteiger partial charge in [0, 0.05) is 5.02 Å². The maximum atomic E-state index is 6.07. The summed E-state index contributed by atoms with van der Waals surface area (Å²) in [5.74, 6) is 0. The van der Waals surface area contributed by atoms with Crippen molar-refractivity contribution in [1.82, 2.24) is 0 Å². The van der Waals surface area contributed by atoms with Crippen LogP contribution in [0.1, 0.15) is 32.8 Å². The van der Waals surface area contributed by atoms with Crippen molar-refractivity contribution in [1.29, 1.82) is 0 Å². The van der Waals surface area contributed by atoms with Crippen LogP contribution in [0.2, 0.25) is 5.02 Å². The Morgan fingerprint density at radius 2 is 2.00 bits per heavy atom. The maximum absolute atomic E-state index is 6.07. The minimum absolute atomic E-state index is 0.118. The summed E-state index contributed by atoms with van der Waals surface area (Å²) in [5, 5.41) is 0.783. The van der Waals surface area contributed by atoms with Gasteiger partial charge in [-0.3, -0.25) is 0 Å². The van der Waals surface area contributed by atoms with Gasteiger partial charge in [-0.05, 0) is 35.1 Å². The number of alkyl halides is 1. The van der Waals surface area contributed by atoms with Crippen molar-refractivity contribution in [2.45, 2.75) is 31.5 Å². The Kier molecular flexibility index (Phi) is 3.75. The van der Waals surface area contributed by atoms with Gasteiger partial charge in [-0.25, -0.2) is 0 Å². The Hall–Kier alpha value is -0.530. The first kappa shape index (κ1) is 13.9. The van der Waals surface area contributed by atoms with Crippen LogP contribution in [-0.4, -0.2) is 0 Å². The molecule has 0 aliphatic heterocycles. The van der Waals surface area contributed by atoms with Gasteiger partial charge in [0.05, 0.1) is 4.32 Å². The van der Waals surface area contributed by atoms with Crippen LogP contribution in [0, 0.1) is 5.41 Å². The smallest absolute Gasteiger partial charge is 0.0723 e. The molecular formula is C16H18BrCl. The molecule has 0 amide bonds. The van der Waals surface area contributed by atoms with Crippen LogP contribution in [0.25, 0.3) is 0 Å². The van der Waals surface area contributed by atoms with Crippen LogP contribution < -0.4 is 0 Å². The van der Waals surface area contributed by atoms with Crippen molar-refractivity contribution in [3.63, 3.8) is 0 Å². The fourth-order valence-electron chi connectivity index (χ4n) is 2.13. The molecule has 0 spiro atoms. The minimum atomic E-state index is -0.118. The first-order valence-corrected chi connectivity index (χ1v) is 7.33. The molecule has 96 valence electrons. The maximum Gasteiger partial charge on any atom is 0.0723 e.